The number of carbonyl (C=O) groups excluding carboxylic acids is 2. The minimum atomic E-state index is -0.639. The van der Waals surface area contributed by atoms with Crippen LogP contribution in [-0.2, 0) is 0 Å². The number of benzene rings is 2. The molecule has 0 saturated heterocycles. The fraction of sp³-hybridized carbons (Fsp3) is 0.261. The van der Waals surface area contributed by atoms with Crippen molar-refractivity contribution in [2.24, 2.45) is 0 Å². The van der Waals surface area contributed by atoms with Gasteiger partial charge in [-0.3, -0.25) is 20.4 Å². The predicted molar refractivity (Wildman–Crippen MR) is 118 cm³/mol. The van der Waals surface area contributed by atoms with Gasteiger partial charge in [-0.25, -0.2) is 9.07 Å². The first-order chi connectivity index (χ1) is 16.0. The van der Waals surface area contributed by atoms with E-state index in [1.165, 1.54) is 47.3 Å². The van der Waals surface area contributed by atoms with Crippen LogP contribution in [0.3, 0.4) is 0 Å². The van der Waals surface area contributed by atoms with Crippen LogP contribution in [0.1, 0.15) is 41.6 Å². The van der Waals surface area contributed by atoms with Crippen LogP contribution in [0.4, 0.5) is 4.39 Å². The maximum atomic E-state index is 13.4. The quantitative estimate of drug-likeness (QED) is 0.479. The minimum absolute atomic E-state index is 0.0382. The highest BCUT2D eigenvalue weighted by Crippen LogP contribution is 2.39. The second-order valence-electron chi connectivity index (χ2n) is 6.63. The molecule has 0 unspecified atom stereocenters. The molecule has 0 aliphatic heterocycles. The summed E-state index contributed by atoms with van der Waals surface area (Å²) in [7, 11) is 0. The van der Waals surface area contributed by atoms with Crippen LogP contribution < -0.4 is 25.1 Å². The highest BCUT2D eigenvalue weighted by atomic mass is 19.1. The summed E-state index contributed by atoms with van der Waals surface area (Å²) in [6, 6.07) is 10.3. The fourth-order valence-corrected chi connectivity index (χ4v) is 2.98. The van der Waals surface area contributed by atoms with E-state index in [1.54, 1.807) is 6.07 Å². The standard InChI is InChI=1S/C23H25FN4O5/c1-4-31-19-12-15(13-20(32-5-2)21(19)33-6-3)22(29)25-26-23(30)18-10-11-28(27-18)17-9-7-8-16(24)14-17/h7-14H,4-6H2,1-3H3,(H,25,29)(H,26,30). The fourth-order valence-electron chi connectivity index (χ4n) is 2.98. The number of amides is 2. The van der Waals surface area contributed by atoms with Crippen LogP contribution in [0.15, 0.2) is 48.7 Å². The van der Waals surface area contributed by atoms with Crippen molar-refractivity contribution >= 4 is 11.8 Å². The van der Waals surface area contributed by atoms with Gasteiger partial charge in [0.05, 0.1) is 25.5 Å². The molecule has 2 aromatic carbocycles. The molecule has 0 saturated carbocycles. The van der Waals surface area contributed by atoms with E-state index < -0.39 is 17.6 Å². The third kappa shape index (κ3) is 5.79. The average Bonchev–Trinajstić information content (AvgIpc) is 3.30. The summed E-state index contributed by atoms with van der Waals surface area (Å²) < 4.78 is 31.6. The van der Waals surface area contributed by atoms with Gasteiger partial charge in [0.2, 0.25) is 5.75 Å². The molecule has 1 aromatic heterocycles. The molecule has 33 heavy (non-hydrogen) atoms. The monoisotopic (exact) mass is 456 g/mol. The Kier molecular flexibility index (Phi) is 7.85. The van der Waals surface area contributed by atoms with Crippen LogP contribution >= 0.6 is 0 Å². The molecule has 1 heterocycles. The number of halogens is 1. The number of hydrogen-bond donors (Lipinski definition) is 2. The minimum Gasteiger partial charge on any atom is -0.490 e. The van der Waals surface area contributed by atoms with Crippen LogP contribution in [-0.4, -0.2) is 41.4 Å². The molecule has 0 bridgehead atoms. The molecule has 9 nitrogen and oxygen atoms in total. The topological polar surface area (TPSA) is 104 Å². The van der Waals surface area contributed by atoms with Gasteiger partial charge in [0.25, 0.3) is 11.8 Å². The number of nitrogens with one attached hydrogen (secondary N) is 2. The zero-order valence-electron chi connectivity index (χ0n) is 18.6. The lowest BCUT2D eigenvalue weighted by Gasteiger charge is -2.17. The molecule has 0 spiro atoms. The van der Waals surface area contributed by atoms with Gasteiger partial charge in [-0.2, -0.15) is 5.10 Å². The third-order valence-corrected chi connectivity index (χ3v) is 4.36. The highest BCUT2D eigenvalue weighted by molar-refractivity contribution is 5.99. The number of rotatable bonds is 9. The number of hydrogen-bond acceptors (Lipinski definition) is 6. The molecule has 10 heteroatoms. The van der Waals surface area contributed by atoms with Gasteiger partial charge in [0, 0.05) is 11.8 Å². The van der Waals surface area contributed by atoms with Crippen molar-refractivity contribution in [2.45, 2.75) is 20.8 Å². The average molecular weight is 456 g/mol. The second-order valence-corrected chi connectivity index (χ2v) is 6.63. The Morgan fingerprint density at radius 1 is 0.909 bits per heavy atom. The van der Waals surface area contributed by atoms with E-state index >= 15 is 0 Å². The smallest absolute Gasteiger partial charge is 0.290 e. The third-order valence-electron chi connectivity index (χ3n) is 4.36. The Bertz CT molecular complexity index is 1100. The largest absolute Gasteiger partial charge is 0.490 e. The Morgan fingerprint density at radius 2 is 1.55 bits per heavy atom. The normalized spacial score (nSPS) is 10.4. The molecule has 0 aliphatic rings. The summed E-state index contributed by atoms with van der Waals surface area (Å²) in [4.78, 5) is 25.1. The summed E-state index contributed by atoms with van der Waals surface area (Å²) in [5, 5.41) is 4.11. The first kappa shape index (κ1) is 23.6. The second kappa shape index (κ2) is 11.0. The molecule has 2 N–H and O–H groups in total. The molecule has 3 rings (SSSR count). The zero-order chi connectivity index (χ0) is 23.8. The number of carbonyl (C=O) groups is 2. The van der Waals surface area contributed by atoms with Crippen LogP contribution in [0.5, 0.6) is 17.2 Å². The van der Waals surface area contributed by atoms with Gasteiger partial charge in [0.1, 0.15) is 5.82 Å². The van der Waals surface area contributed by atoms with E-state index in [0.717, 1.165) is 0 Å². The van der Waals surface area contributed by atoms with Crippen molar-refractivity contribution in [1.29, 1.82) is 0 Å². The van der Waals surface area contributed by atoms with Gasteiger partial charge >= 0.3 is 0 Å². The number of ether oxygens (including phenoxy) is 3. The number of nitrogens with zero attached hydrogens (tertiary/aromatic N) is 2. The van der Waals surface area contributed by atoms with Crippen molar-refractivity contribution < 1.29 is 28.2 Å². The molecule has 0 fully saturated rings. The van der Waals surface area contributed by atoms with Crippen molar-refractivity contribution in [3.05, 3.63) is 65.7 Å². The highest BCUT2D eigenvalue weighted by Gasteiger charge is 2.19. The van der Waals surface area contributed by atoms with E-state index in [-0.39, 0.29) is 11.3 Å². The molecule has 0 atom stereocenters. The van der Waals surface area contributed by atoms with Gasteiger partial charge in [-0.15, -0.1) is 0 Å². The summed E-state index contributed by atoms with van der Waals surface area (Å²) >= 11 is 0. The molecule has 174 valence electrons. The predicted octanol–water partition coefficient (Wildman–Crippen LogP) is 3.28. The Labute approximate surface area is 190 Å². The van der Waals surface area contributed by atoms with E-state index in [9.17, 15) is 14.0 Å². The Morgan fingerprint density at radius 3 is 2.15 bits per heavy atom. The molecular formula is C23H25FN4O5. The summed E-state index contributed by atoms with van der Waals surface area (Å²) in [5.74, 6) is -0.525. The van der Waals surface area contributed by atoms with Crippen molar-refractivity contribution in [2.75, 3.05) is 19.8 Å². The molecule has 2 amide bonds. The number of hydrazine groups is 1. The lowest BCUT2D eigenvalue weighted by molar-refractivity contribution is 0.0843. The van der Waals surface area contributed by atoms with E-state index in [2.05, 4.69) is 16.0 Å². The Hall–Kier alpha value is -4.08. The molecule has 0 radical (unpaired) electrons. The van der Waals surface area contributed by atoms with Crippen molar-refractivity contribution in [1.82, 2.24) is 20.6 Å². The maximum Gasteiger partial charge on any atom is 0.290 e. The molecule has 0 aliphatic carbocycles. The summed E-state index contributed by atoms with van der Waals surface area (Å²) in [6.45, 7) is 6.57. The first-order valence-electron chi connectivity index (χ1n) is 10.5. The summed E-state index contributed by atoms with van der Waals surface area (Å²) in [6.07, 6.45) is 1.51. The van der Waals surface area contributed by atoms with Gasteiger partial charge in [0.15, 0.2) is 17.2 Å². The SMILES string of the molecule is CCOc1cc(C(=O)NNC(=O)c2ccn(-c3cccc(F)c3)n2)cc(OCC)c1OCC. The molecular weight excluding hydrogens is 431 g/mol. The molecule has 3 aromatic rings. The number of aromatic nitrogens is 2. The van der Waals surface area contributed by atoms with Gasteiger partial charge in [-0.05, 0) is 57.2 Å². The van der Waals surface area contributed by atoms with Gasteiger partial charge in [-0.1, -0.05) is 6.07 Å². The lowest BCUT2D eigenvalue weighted by Crippen LogP contribution is -2.41. The first-order valence-corrected chi connectivity index (χ1v) is 10.5. The zero-order valence-corrected chi connectivity index (χ0v) is 18.6. The van der Waals surface area contributed by atoms with Crippen LogP contribution in [0, 0.1) is 5.82 Å². The Balaban J connectivity index is 1.73. The van der Waals surface area contributed by atoms with Crippen molar-refractivity contribution in [3.63, 3.8) is 0 Å². The van der Waals surface area contributed by atoms with Crippen LogP contribution in [0.2, 0.25) is 0 Å². The van der Waals surface area contributed by atoms with Crippen LogP contribution in [0.25, 0.3) is 5.69 Å². The van der Waals surface area contributed by atoms with E-state index in [4.69, 9.17) is 14.2 Å². The lowest BCUT2D eigenvalue weighted by atomic mass is 10.1. The van der Waals surface area contributed by atoms with E-state index in [1.807, 2.05) is 20.8 Å². The maximum absolute atomic E-state index is 13.4. The summed E-state index contributed by atoms with van der Waals surface area (Å²) in [5.41, 5.74) is 5.36. The van der Waals surface area contributed by atoms with E-state index in [0.29, 0.717) is 42.8 Å². The van der Waals surface area contributed by atoms with Gasteiger partial charge < -0.3 is 14.2 Å². The van der Waals surface area contributed by atoms with Crippen molar-refractivity contribution in [3.8, 4) is 22.9 Å².